The molecule has 0 saturated carbocycles. The van der Waals surface area contributed by atoms with E-state index in [0.717, 1.165) is 26.1 Å². The molecule has 0 amide bonds. The lowest BCUT2D eigenvalue weighted by Gasteiger charge is -2.43. The molecule has 2 saturated heterocycles. The van der Waals surface area contributed by atoms with Gasteiger partial charge in [0.1, 0.15) is 0 Å². The van der Waals surface area contributed by atoms with E-state index in [2.05, 4.69) is 211 Å². The summed E-state index contributed by atoms with van der Waals surface area (Å²) < 4.78 is 2.59. The molecule has 7 atom stereocenters. The SMILES string of the molecule is CC1c2c(c3ccccc3n2-c2cc(-c3ccc(N4c5ccccc5C5CCN(C)C(C)C54)cc3)cc(-c3ccc(N4c5ccccc5C5CCN(C)C(C)C54)cc3)c2)CCN1C. The lowest BCUT2D eigenvalue weighted by Crippen LogP contribution is -2.52. The lowest BCUT2D eigenvalue weighted by atomic mass is 9.84. The lowest BCUT2D eigenvalue weighted by molar-refractivity contribution is 0.163. The maximum atomic E-state index is 2.65. The van der Waals surface area contributed by atoms with E-state index in [-0.39, 0.29) is 0 Å². The van der Waals surface area contributed by atoms with Crippen LogP contribution in [0.2, 0.25) is 0 Å². The molecule has 12 rings (SSSR count). The third-order valence-corrected chi connectivity index (χ3v) is 16.5. The van der Waals surface area contributed by atoms with Crippen LogP contribution in [0.25, 0.3) is 38.8 Å². The molecule has 0 spiro atoms. The number of para-hydroxylation sites is 3. The summed E-state index contributed by atoms with van der Waals surface area (Å²) in [6, 6.07) is 55.8. The molecule has 5 aliphatic rings. The molecule has 6 aromatic carbocycles. The molecule has 7 aromatic rings. The molecule has 63 heavy (non-hydrogen) atoms. The number of piperidine rings is 2. The summed E-state index contributed by atoms with van der Waals surface area (Å²) >= 11 is 0. The summed E-state index contributed by atoms with van der Waals surface area (Å²) in [7, 11) is 6.87. The van der Waals surface area contributed by atoms with Gasteiger partial charge in [-0.2, -0.15) is 0 Å². The van der Waals surface area contributed by atoms with Crippen molar-refractivity contribution in [2.75, 3.05) is 50.6 Å². The Hall–Kier alpha value is -5.66. The maximum Gasteiger partial charge on any atom is 0.0564 e. The first-order valence-electron chi connectivity index (χ1n) is 23.6. The zero-order valence-corrected chi connectivity index (χ0v) is 37.7. The zero-order valence-electron chi connectivity index (χ0n) is 37.7. The number of likely N-dealkylation sites (N-methyl/N-ethyl adjacent to an activating group) is 3. The average molecular weight is 829 g/mol. The van der Waals surface area contributed by atoms with Crippen LogP contribution >= 0.6 is 0 Å². The number of likely N-dealkylation sites (tertiary alicyclic amines) is 2. The van der Waals surface area contributed by atoms with E-state index in [9.17, 15) is 0 Å². The van der Waals surface area contributed by atoms with Crippen molar-refractivity contribution in [1.82, 2.24) is 19.3 Å². The molecule has 318 valence electrons. The largest absolute Gasteiger partial charge is 0.336 e. The highest BCUT2D eigenvalue weighted by Gasteiger charge is 2.47. The molecule has 0 N–H and O–H groups in total. The Morgan fingerprint density at radius 3 is 1.49 bits per heavy atom. The van der Waals surface area contributed by atoms with Crippen LogP contribution in [0.5, 0.6) is 0 Å². The van der Waals surface area contributed by atoms with Gasteiger partial charge in [-0.15, -0.1) is 0 Å². The number of rotatable bonds is 5. The molecule has 7 unspecified atom stereocenters. The highest BCUT2D eigenvalue weighted by atomic mass is 15.3. The number of benzene rings is 6. The van der Waals surface area contributed by atoms with Crippen molar-refractivity contribution in [1.29, 1.82) is 0 Å². The van der Waals surface area contributed by atoms with Crippen molar-refractivity contribution in [2.24, 2.45) is 0 Å². The van der Waals surface area contributed by atoms with Crippen LogP contribution in [-0.4, -0.2) is 84.2 Å². The third-order valence-electron chi connectivity index (χ3n) is 16.5. The van der Waals surface area contributed by atoms with Gasteiger partial charge in [-0.05, 0) is 174 Å². The van der Waals surface area contributed by atoms with Gasteiger partial charge in [0.15, 0.2) is 0 Å². The van der Waals surface area contributed by atoms with E-state index in [1.54, 1.807) is 0 Å². The summed E-state index contributed by atoms with van der Waals surface area (Å²) in [5.74, 6) is 1.10. The van der Waals surface area contributed by atoms with Crippen LogP contribution in [0.3, 0.4) is 0 Å². The van der Waals surface area contributed by atoms with Crippen molar-refractivity contribution in [3.8, 4) is 27.9 Å². The van der Waals surface area contributed by atoms with Gasteiger partial charge in [-0.1, -0.05) is 78.9 Å². The second kappa shape index (κ2) is 15.0. The van der Waals surface area contributed by atoms with E-state index in [0.29, 0.717) is 42.0 Å². The van der Waals surface area contributed by atoms with Crippen molar-refractivity contribution in [3.63, 3.8) is 0 Å². The van der Waals surface area contributed by atoms with Gasteiger partial charge in [0.25, 0.3) is 0 Å². The van der Waals surface area contributed by atoms with Crippen LogP contribution in [0.4, 0.5) is 22.7 Å². The number of aromatic nitrogens is 1. The number of nitrogens with zero attached hydrogens (tertiary/aromatic N) is 6. The maximum absolute atomic E-state index is 2.65. The Morgan fingerprint density at radius 2 is 0.952 bits per heavy atom. The minimum absolute atomic E-state index is 0.300. The molecular weight excluding hydrogens is 769 g/mol. The number of anilines is 4. The third kappa shape index (κ3) is 6.01. The van der Waals surface area contributed by atoms with Crippen LogP contribution in [0.1, 0.15) is 73.9 Å². The first kappa shape index (κ1) is 39.0. The Labute approximate surface area is 374 Å². The van der Waals surface area contributed by atoms with Gasteiger partial charge in [0, 0.05) is 76.0 Å². The Balaban J connectivity index is 0.978. The smallest absolute Gasteiger partial charge is 0.0564 e. The fourth-order valence-corrected chi connectivity index (χ4v) is 12.8. The molecular formula is C57H60N6. The number of hydrogen-bond donors (Lipinski definition) is 0. The summed E-state index contributed by atoms with van der Waals surface area (Å²) in [4.78, 5) is 12.9. The molecule has 0 radical (unpaired) electrons. The van der Waals surface area contributed by atoms with Crippen molar-refractivity contribution in [2.45, 2.75) is 82.1 Å². The number of hydrogen-bond acceptors (Lipinski definition) is 5. The Bertz CT molecular complexity index is 2720. The number of fused-ring (bicyclic) bond motifs is 9. The molecule has 0 aliphatic carbocycles. The van der Waals surface area contributed by atoms with E-state index in [1.165, 1.54) is 96.8 Å². The molecule has 6 heterocycles. The first-order valence-corrected chi connectivity index (χ1v) is 23.6. The predicted octanol–water partition coefficient (Wildman–Crippen LogP) is 12.2. The minimum Gasteiger partial charge on any atom is -0.336 e. The standard InChI is InChI=1S/C57H60N6/c1-36-55-49(27-30-58(36)4)46-13-7-10-16-52(46)61(55)43-23-19-39(20-24-43)41-33-42(35-45(34-41)63-54-18-12-9-15-48(54)51-29-32-60(6)38(3)57(51)63)40-21-25-44(26-22-40)62-53-17-11-8-14-47(53)50-28-31-59(5)37(2)56(50)62/h7-26,33-38,49-50,55-56H,27-32H2,1-6H3. The molecule has 1 aromatic heterocycles. The van der Waals surface area contributed by atoms with Gasteiger partial charge >= 0.3 is 0 Å². The van der Waals surface area contributed by atoms with Gasteiger partial charge in [-0.25, -0.2) is 0 Å². The Kier molecular flexibility index (Phi) is 9.26. The van der Waals surface area contributed by atoms with Crippen LogP contribution < -0.4 is 9.80 Å². The summed E-state index contributed by atoms with van der Waals surface area (Å²) in [5, 5.41) is 1.38. The molecule has 6 nitrogen and oxygen atoms in total. The Morgan fingerprint density at radius 1 is 0.460 bits per heavy atom. The summed E-state index contributed by atoms with van der Waals surface area (Å²) in [6.07, 6.45) is 3.45. The fourth-order valence-electron chi connectivity index (χ4n) is 12.8. The normalized spacial score (nSPS) is 25.8. The summed E-state index contributed by atoms with van der Waals surface area (Å²) in [6.45, 7) is 10.6. The molecule has 6 heteroatoms. The second-order valence-corrected chi connectivity index (χ2v) is 19.6. The van der Waals surface area contributed by atoms with Crippen molar-refractivity contribution >= 4 is 33.7 Å². The van der Waals surface area contributed by atoms with E-state index >= 15 is 0 Å². The minimum atomic E-state index is 0.300. The second-order valence-electron chi connectivity index (χ2n) is 19.6. The van der Waals surface area contributed by atoms with E-state index in [4.69, 9.17) is 0 Å². The summed E-state index contributed by atoms with van der Waals surface area (Å²) in [5.41, 5.74) is 18.7. The molecule has 5 aliphatic heterocycles. The van der Waals surface area contributed by atoms with Crippen molar-refractivity contribution < 1.29 is 0 Å². The predicted molar refractivity (Wildman–Crippen MR) is 263 cm³/mol. The van der Waals surface area contributed by atoms with Crippen molar-refractivity contribution in [3.05, 3.63) is 162 Å². The topological polar surface area (TPSA) is 21.1 Å². The van der Waals surface area contributed by atoms with Gasteiger partial charge in [-0.3, -0.25) is 4.90 Å². The average Bonchev–Trinajstić information content (AvgIpc) is 3.97. The van der Waals surface area contributed by atoms with Gasteiger partial charge < -0.3 is 24.2 Å². The fraction of sp³-hybridized carbons (Fsp3) is 0.333. The highest BCUT2D eigenvalue weighted by molar-refractivity contribution is 5.89. The molecule has 0 bridgehead atoms. The monoisotopic (exact) mass is 828 g/mol. The van der Waals surface area contributed by atoms with E-state index in [1.807, 2.05) is 0 Å². The van der Waals surface area contributed by atoms with Crippen LogP contribution in [0, 0.1) is 0 Å². The zero-order chi connectivity index (χ0) is 42.7. The van der Waals surface area contributed by atoms with Crippen LogP contribution in [0.15, 0.2) is 140 Å². The van der Waals surface area contributed by atoms with E-state index < -0.39 is 0 Å². The van der Waals surface area contributed by atoms with Gasteiger partial charge in [0.2, 0.25) is 0 Å². The highest BCUT2D eigenvalue weighted by Crippen LogP contribution is 2.52. The van der Waals surface area contributed by atoms with Crippen LogP contribution in [-0.2, 0) is 6.42 Å². The quantitative estimate of drug-likeness (QED) is 0.172. The molecule has 2 fully saturated rings. The first-order chi connectivity index (χ1) is 30.7. The van der Waals surface area contributed by atoms with Gasteiger partial charge in [0.05, 0.1) is 17.6 Å².